The minimum absolute atomic E-state index is 0.336. The normalized spacial score (nSPS) is 10.3. The summed E-state index contributed by atoms with van der Waals surface area (Å²) in [5.41, 5.74) is 0.250. The molecular weight excluding hydrogens is 236 g/mol. The van der Waals surface area contributed by atoms with Gasteiger partial charge in [-0.2, -0.15) is 0 Å². The van der Waals surface area contributed by atoms with Crippen LogP contribution in [0.2, 0.25) is 0 Å². The molecule has 0 saturated heterocycles. The maximum atomic E-state index is 12.1. The standard InChI is InChI=1S/C12H12N2O4/c1-8-13-10-6-4-3-5-9(10)12(16)14(8)18-7-11(15)17-2/h3-6H,7H2,1-2H3. The fraction of sp³-hybridized carbons (Fsp3) is 0.250. The smallest absolute Gasteiger partial charge is 0.346 e. The first kappa shape index (κ1) is 12.1. The van der Waals surface area contributed by atoms with Gasteiger partial charge in [0.15, 0.2) is 0 Å². The average Bonchev–Trinajstić information content (AvgIpc) is 2.38. The molecule has 0 atom stereocenters. The van der Waals surface area contributed by atoms with Crippen LogP contribution in [-0.2, 0) is 9.53 Å². The van der Waals surface area contributed by atoms with E-state index in [-0.39, 0.29) is 12.2 Å². The minimum Gasteiger partial charge on any atom is -0.466 e. The van der Waals surface area contributed by atoms with Crippen LogP contribution in [-0.4, -0.2) is 29.4 Å². The van der Waals surface area contributed by atoms with Gasteiger partial charge in [0, 0.05) is 0 Å². The number of aromatic nitrogens is 2. The molecule has 0 radical (unpaired) electrons. The van der Waals surface area contributed by atoms with Gasteiger partial charge in [-0.15, -0.1) is 4.73 Å². The van der Waals surface area contributed by atoms with Crippen molar-refractivity contribution in [2.45, 2.75) is 6.92 Å². The number of benzene rings is 1. The van der Waals surface area contributed by atoms with Crippen molar-refractivity contribution < 1.29 is 14.4 Å². The minimum atomic E-state index is -0.561. The van der Waals surface area contributed by atoms with E-state index in [0.717, 1.165) is 4.73 Å². The zero-order valence-electron chi connectivity index (χ0n) is 10.0. The van der Waals surface area contributed by atoms with Gasteiger partial charge in [-0.05, 0) is 19.1 Å². The fourth-order valence-electron chi connectivity index (χ4n) is 1.56. The van der Waals surface area contributed by atoms with E-state index in [2.05, 4.69) is 9.72 Å². The van der Waals surface area contributed by atoms with Gasteiger partial charge in [-0.1, -0.05) is 12.1 Å². The van der Waals surface area contributed by atoms with Crippen LogP contribution in [0.25, 0.3) is 10.9 Å². The van der Waals surface area contributed by atoms with Gasteiger partial charge in [0.1, 0.15) is 5.82 Å². The summed E-state index contributed by atoms with van der Waals surface area (Å²) >= 11 is 0. The van der Waals surface area contributed by atoms with E-state index in [0.29, 0.717) is 16.7 Å². The SMILES string of the molecule is COC(=O)COn1c(C)nc2ccccc2c1=O. The third-order valence-corrected chi connectivity index (χ3v) is 2.43. The Morgan fingerprint density at radius 1 is 1.39 bits per heavy atom. The molecule has 0 fully saturated rings. The lowest BCUT2D eigenvalue weighted by Crippen LogP contribution is -2.33. The largest absolute Gasteiger partial charge is 0.466 e. The molecule has 1 aromatic heterocycles. The number of hydrogen-bond acceptors (Lipinski definition) is 5. The lowest BCUT2D eigenvalue weighted by atomic mass is 10.2. The number of esters is 1. The number of ether oxygens (including phenoxy) is 1. The molecule has 1 aromatic carbocycles. The van der Waals surface area contributed by atoms with Crippen LogP contribution in [0.1, 0.15) is 5.82 Å². The highest BCUT2D eigenvalue weighted by Crippen LogP contribution is 2.06. The first-order valence-electron chi connectivity index (χ1n) is 5.32. The van der Waals surface area contributed by atoms with Gasteiger partial charge in [0.2, 0.25) is 6.61 Å². The molecular formula is C12H12N2O4. The Balaban J connectivity index is 2.44. The molecule has 0 bridgehead atoms. The average molecular weight is 248 g/mol. The molecule has 6 heteroatoms. The molecule has 0 saturated carbocycles. The van der Waals surface area contributed by atoms with E-state index in [1.807, 2.05) is 0 Å². The van der Waals surface area contributed by atoms with Crippen molar-refractivity contribution in [1.82, 2.24) is 9.71 Å². The van der Waals surface area contributed by atoms with E-state index in [1.165, 1.54) is 7.11 Å². The Morgan fingerprint density at radius 3 is 2.83 bits per heavy atom. The first-order valence-corrected chi connectivity index (χ1v) is 5.32. The van der Waals surface area contributed by atoms with Crippen molar-refractivity contribution in [3.63, 3.8) is 0 Å². The fourth-order valence-corrected chi connectivity index (χ4v) is 1.56. The number of aryl methyl sites for hydroxylation is 1. The van der Waals surface area contributed by atoms with Gasteiger partial charge in [-0.3, -0.25) is 4.79 Å². The number of methoxy groups -OCH3 is 1. The Bertz CT molecular complexity index is 648. The van der Waals surface area contributed by atoms with Crippen LogP contribution in [0.15, 0.2) is 29.1 Å². The molecule has 0 spiro atoms. The summed E-state index contributed by atoms with van der Waals surface area (Å²) in [6.07, 6.45) is 0. The Labute approximate surface area is 103 Å². The summed E-state index contributed by atoms with van der Waals surface area (Å²) in [7, 11) is 1.25. The molecule has 0 aliphatic rings. The molecule has 0 amide bonds. The van der Waals surface area contributed by atoms with E-state index in [9.17, 15) is 9.59 Å². The quantitative estimate of drug-likeness (QED) is 0.731. The second-order valence-electron chi connectivity index (χ2n) is 3.63. The van der Waals surface area contributed by atoms with E-state index < -0.39 is 5.97 Å². The summed E-state index contributed by atoms with van der Waals surface area (Å²) in [6, 6.07) is 6.94. The van der Waals surface area contributed by atoms with E-state index in [1.54, 1.807) is 31.2 Å². The molecule has 2 rings (SSSR count). The zero-order chi connectivity index (χ0) is 13.1. The summed E-state index contributed by atoms with van der Waals surface area (Å²) in [4.78, 5) is 32.4. The maximum Gasteiger partial charge on any atom is 0.346 e. The lowest BCUT2D eigenvalue weighted by Gasteiger charge is -2.10. The molecule has 1 heterocycles. The molecule has 0 aliphatic heterocycles. The number of nitrogens with zero attached hydrogens (tertiary/aromatic N) is 2. The van der Waals surface area contributed by atoms with Crippen molar-refractivity contribution in [1.29, 1.82) is 0 Å². The first-order chi connectivity index (χ1) is 8.63. The summed E-state index contributed by atoms with van der Waals surface area (Å²) in [5.74, 6) is -0.183. The number of carbonyl (C=O) groups excluding carboxylic acids is 1. The predicted molar refractivity (Wildman–Crippen MR) is 64.2 cm³/mol. The summed E-state index contributed by atoms with van der Waals surface area (Å²) in [6.45, 7) is 1.29. The molecule has 18 heavy (non-hydrogen) atoms. The monoisotopic (exact) mass is 248 g/mol. The van der Waals surface area contributed by atoms with Crippen molar-refractivity contribution in [2.75, 3.05) is 13.7 Å². The summed E-state index contributed by atoms with van der Waals surface area (Å²) in [5, 5.41) is 0.438. The predicted octanol–water partition coefficient (Wildman–Crippen LogP) is 0.307. The Morgan fingerprint density at radius 2 is 2.11 bits per heavy atom. The van der Waals surface area contributed by atoms with Crippen LogP contribution in [0.3, 0.4) is 0 Å². The molecule has 0 aliphatic carbocycles. The second kappa shape index (κ2) is 4.87. The third kappa shape index (κ3) is 2.17. The van der Waals surface area contributed by atoms with Gasteiger partial charge >= 0.3 is 5.97 Å². The Kier molecular flexibility index (Phi) is 3.27. The third-order valence-electron chi connectivity index (χ3n) is 2.43. The number of fused-ring (bicyclic) bond motifs is 1. The van der Waals surface area contributed by atoms with Gasteiger partial charge in [0.25, 0.3) is 5.56 Å². The Hall–Kier alpha value is -2.37. The lowest BCUT2D eigenvalue weighted by molar-refractivity contribution is -0.146. The highest BCUT2D eigenvalue weighted by Gasteiger charge is 2.10. The highest BCUT2D eigenvalue weighted by molar-refractivity contribution is 5.77. The number of para-hydroxylation sites is 1. The van der Waals surface area contributed by atoms with Crippen LogP contribution < -0.4 is 10.4 Å². The van der Waals surface area contributed by atoms with E-state index in [4.69, 9.17) is 4.84 Å². The molecule has 0 N–H and O–H groups in total. The molecule has 0 unspecified atom stereocenters. The van der Waals surface area contributed by atoms with Gasteiger partial charge < -0.3 is 9.57 Å². The zero-order valence-corrected chi connectivity index (χ0v) is 10.0. The highest BCUT2D eigenvalue weighted by atomic mass is 16.7. The molecule has 2 aromatic rings. The molecule has 94 valence electrons. The number of rotatable bonds is 3. The van der Waals surface area contributed by atoms with Crippen LogP contribution in [0.4, 0.5) is 0 Å². The van der Waals surface area contributed by atoms with Crippen LogP contribution >= 0.6 is 0 Å². The van der Waals surface area contributed by atoms with E-state index >= 15 is 0 Å². The number of carbonyl (C=O) groups is 1. The molecule has 6 nitrogen and oxygen atoms in total. The van der Waals surface area contributed by atoms with Crippen molar-refractivity contribution in [3.05, 3.63) is 40.4 Å². The van der Waals surface area contributed by atoms with Crippen LogP contribution in [0, 0.1) is 6.92 Å². The maximum absolute atomic E-state index is 12.1. The van der Waals surface area contributed by atoms with Gasteiger partial charge in [0.05, 0.1) is 18.0 Å². The topological polar surface area (TPSA) is 70.4 Å². The van der Waals surface area contributed by atoms with Crippen LogP contribution in [0.5, 0.6) is 0 Å². The second-order valence-corrected chi connectivity index (χ2v) is 3.63. The van der Waals surface area contributed by atoms with Crippen molar-refractivity contribution >= 4 is 16.9 Å². The van der Waals surface area contributed by atoms with Gasteiger partial charge in [-0.25, -0.2) is 9.78 Å². The summed E-state index contributed by atoms with van der Waals surface area (Å²) < 4.78 is 5.44. The number of hydrogen-bond donors (Lipinski definition) is 0. The van der Waals surface area contributed by atoms with Crippen molar-refractivity contribution in [2.24, 2.45) is 0 Å². The van der Waals surface area contributed by atoms with Crippen molar-refractivity contribution in [3.8, 4) is 0 Å².